The number of nitrogens with one attached hydrogen (secondary N) is 1. The van der Waals surface area contributed by atoms with Gasteiger partial charge in [-0.25, -0.2) is 9.02 Å². The second-order valence-electron chi connectivity index (χ2n) is 3.99. The van der Waals surface area contributed by atoms with E-state index in [1.165, 1.54) is 24.3 Å². The van der Waals surface area contributed by atoms with E-state index in [0.29, 0.717) is 11.4 Å². The van der Waals surface area contributed by atoms with Crippen molar-refractivity contribution in [2.75, 3.05) is 5.32 Å². The van der Waals surface area contributed by atoms with Crippen molar-refractivity contribution in [1.29, 1.82) is 0 Å². The number of non-ortho nitro benzene ring substituents is 1. The first-order valence-electron chi connectivity index (χ1n) is 5.57. The molecule has 0 radical (unpaired) electrons. The Morgan fingerprint density at radius 1 is 1.20 bits per heavy atom. The van der Waals surface area contributed by atoms with Gasteiger partial charge in [0, 0.05) is 11.8 Å². The highest BCUT2D eigenvalue weighted by molar-refractivity contribution is 5.94. The molecule has 1 N–H and O–H groups in total. The zero-order valence-electron chi connectivity index (χ0n) is 9.91. The summed E-state index contributed by atoms with van der Waals surface area (Å²) in [7, 11) is 0. The van der Waals surface area contributed by atoms with Crippen LogP contribution in [0.25, 0.3) is 11.0 Å². The minimum absolute atomic E-state index is 0.0383. The largest absolute Gasteiger partial charge is 0.354 e. The van der Waals surface area contributed by atoms with Crippen molar-refractivity contribution in [3.8, 4) is 0 Å². The molecule has 20 heavy (non-hydrogen) atoms. The Labute approximate surface area is 111 Å². The molecular formula is C12H7FN4O3. The number of hydrogen-bond donors (Lipinski definition) is 1. The van der Waals surface area contributed by atoms with Crippen molar-refractivity contribution in [3.05, 3.63) is 52.3 Å². The number of rotatable bonds is 3. The van der Waals surface area contributed by atoms with Gasteiger partial charge in [0.05, 0.1) is 10.6 Å². The van der Waals surface area contributed by atoms with Gasteiger partial charge in [-0.2, -0.15) is 0 Å². The summed E-state index contributed by atoms with van der Waals surface area (Å²) < 4.78 is 17.7. The lowest BCUT2D eigenvalue weighted by Gasteiger charge is -2.06. The zero-order valence-corrected chi connectivity index (χ0v) is 9.91. The van der Waals surface area contributed by atoms with Gasteiger partial charge < -0.3 is 5.32 Å². The van der Waals surface area contributed by atoms with E-state index in [4.69, 9.17) is 0 Å². The van der Waals surface area contributed by atoms with Crippen LogP contribution >= 0.6 is 0 Å². The van der Waals surface area contributed by atoms with Gasteiger partial charge in [-0.05, 0) is 34.6 Å². The Bertz CT molecular complexity index is 802. The Kier molecular flexibility index (Phi) is 2.75. The minimum Gasteiger partial charge on any atom is -0.354 e. The Hall–Kier alpha value is -3.03. The number of nitrogens with zero attached hydrogens (tertiary/aromatic N) is 3. The van der Waals surface area contributed by atoms with Gasteiger partial charge in [-0.15, -0.1) is 0 Å². The van der Waals surface area contributed by atoms with Crippen LogP contribution in [0.2, 0.25) is 0 Å². The molecule has 0 saturated heterocycles. The fourth-order valence-electron chi connectivity index (χ4n) is 1.82. The Morgan fingerprint density at radius 3 is 2.75 bits per heavy atom. The van der Waals surface area contributed by atoms with Gasteiger partial charge in [-0.1, -0.05) is 6.07 Å². The third-order valence-corrected chi connectivity index (χ3v) is 2.69. The second-order valence-corrected chi connectivity index (χ2v) is 3.99. The highest BCUT2D eigenvalue weighted by atomic mass is 19.1. The number of benzene rings is 2. The highest BCUT2D eigenvalue weighted by Crippen LogP contribution is 2.30. The van der Waals surface area contributed by atoms with Crippen LogP contribution in [0.3, 0.4) is 0 Å². The van der Waals surface area contributed by atoms with Gasteiger partial charge in [0.2, 0.25) is 5.52 Å². The number of anilines is 2. The van der Waals surface area contributed by atoms with Crippen LogP contribution in [0.5, 0.6) is 0 Å². The first-order chi connectivity index (χ1) is 9.65. The number of hydrogen-bond acceptors (Lipinski definition) is 6. The van der Waals surface area contributed by atoms with E-state index in [1.54, 1.807) is 12.1 Å². The zero-order chi connectivity index (χ0) is 14.1. The molecule has 8 heteroatoms. The van der Waals surface area contributed by atoms with Crippen LogP contribution in [-0.4, -0.2) is 15.2 Å². The summed E-state index contributed by atoms with van der Waals surface area (Å²) in [5, 5.41) is 20.9. The third-order valence-electron chi connectivity index (χ3n) is 2.69. The molecule has 0 aliphatic carbocycles. The summed E-state index contributed by atoms with van der Waals surface area (Å²) in [4.78, 5) is 10.3. The molecule has 100 valence electrons. The Balaban J connectivity index is 2.07. The maximum Gasteiger partial charge on any atom is 0.300 e. The maximum atomic E-state index is 13.1. The molecule has 0 aliphatic heterocycles. The van der Waals surface area contributed by atoms with Crippen LogP contribution in [0.4, 0.5) is 21.5 Å². The Morgan fingerprint density at radius 2 is 2.00 bits per heavy atom. The van der Waals surface area contributed by atoms with E-state index in [2.05, 4.69) is 20.3 Å². The van der Waals surface area contributed by atoms with Crippen LogP contribution in [0.15, 0.2) is 41.0 Å². The van der Waals surface area contributed by atoms with Crippen LogP contribution in [0, 0.1) is 15.9 Å². The van der Waals surface area contributed by atoms with Crippen molar-refractivity contribution in [3.63, 3.8) is 0 Å². The first kappa shape index (κ1) is 12.0. The molecule has 2 aromatic carbocycles. The van der Waals surface area contributed by atoms with E-state index in [9.17, 15) is 14.5 Å². The molecule has 0 spiro atoms. The van der Waals surface area contributed by atoms with Crippen molar-refractivity contribution >= 4 is 28.1 Å². The maximum absolute atomic E-state index is 13.1. The van der Waals surface area contributed by atoms with E-state index in [1.807, 2.05) is 0 Å². The third kappa shape index (κ3) is 2.03. The van der Waals surface area contributed by atoms with E-state index in [-0.39, 0.29) is 16.7 Å². The fourth-order valence-corrected chi connectivity index (χ4v) is 1.82. The van der Waals surface area contributed by atoms with E-state index in [0.717, 1.165) is 0 Å². The first-order valence-corrected chi connectivity index (χ1v) is 5.57. The average Bonchev–Trinajstić information content (AvgIpc) is 2.88. The average molecular weight is 274 g/mol. The molecule has 0 saturated carbocycles. The number of fused-ring (bicyclic) bond motifs is 1. The van der Waals surface area contributed by atoms with Crippen molar-refractivity contribution in [2.24, 2.45) is 0 Å². The molecule has 3 rings (SSSR count). The summed E-state index contributed by atoms with van der Waals surface area (Å²) in [6.45, 7) is 0. The second kappa shape index (κ2) is 4.57. The van der Waals surface area contributed by atoms with Gasteiger partial charge in [0.1, 0.15) is 5.82 Å². The fraction of sp³-hybridized carbons (Fsp3) is 0. The van der Waals surface area contributed by atoms with Crippen LogP contribution < -0.4 is 5.32 Å². The minimum atomic E-state index is -0.571. The van der Waals surface area contributed by atoms with Gasteiger partial charge >= 0.3 is 5.69 Å². The summed E-state index contributed by atoms with van der Waals surface area (Å²) in [5.41, 5.74) is 0.978. The molecular weight excluding hydrogens is 267 g/mol. The molecule has 0 bridgehead atoms. The molecule has 0 fully saturated rings. The number of nitro groups is 1. The van der Waals surface area contributed by atoms with E-state index >= 15 is 0 Å². The van der Waals surface area contributed by atoms with Crippen LogP contribution in [0.1, 0.15) is 0 Å². The molecule has 0 atom stereocenters. The lowest BCUT2D eigenvalue weighted by Crippen LogP contribution is -1.95. The summed E-state index contributed by atoms with van der Waals surface area (Å²) in [5.74, 6) is -0.397. The molecule has 1 aromatic heterocycles. The van der Waals surface area contributed by atoms with Gasteiger partial charge in [0.15, 0.2) is 5.52 Å². The van der Waals surface area contributed by atoms with Crippen molar-refractivity contribution < 1.29 is 13.9 Å². The SMILES string of the molecule is O=[N+]([O-])c1ccc(Nc2cccc(F)c2)c2nonc12. The van der Waals surface area contributed by atoms with Gasteiger partial charge in [-0.3, -0.25) is 10.1 Å². The highest BCUT2D eigenvalue weighted by Gasteiger charge is 2.19. The predicted molar refractivity (Wildman–Crippen MR) is 68.1 cm³/mol. The lowest BCUT2D eigenvalue weighted by molar-refractivity contribution is -0.383. The predicted octanol–water partition coefficient (Wildman–Crippen LogP) is 3.01. The number of aromatic nitrogens is 2. The summed E-state index contributed by atoms with van der Waals surface area (Å²) >= 11 is 0. The van der Waals surface area contributed by atoms with Crippen molar-refractivity contribution in [1.82, 2.24) is 10.3 Å². The molecule has 0 amide bonds. The summed E-state index contributed by atoms with van der Waals surface area (Å²) in [6, 6.07) is 8.56. The molecule has 3 aromatic rings. The molecule has 0 unspecified atom stereocenters. The van der Waals surface area contributed by atoms with Crippen molar-refractivity contribution in [2.45, 2.75) is 0 Å². The quantitative estimate of drug-likeness (QED) is 0.582. The molecule has 1 heterocycles. The normalized spacial score (nSPS) is 10.7. The molecule has 7 nitrogen and oxygen atoms in total. The number of nitro benzene ring substituents is 1. The summed E-state index contributed by atoms with van der Waals surface area (Å²) in [6.07, 6.45) is 0. The lowest BCUT2D eigenvalue weighted by atomic mass is 10.2. The van der Waals surface area contributed by atoms with Crippen LogP contribution in [-0.2, 0) is 0 Å². The monoisotopic (exact) mass is 274 g/mol. The van der Waals surface area contributed by atoms with E-state index < -0.39 is 10.7 Å². The standard InChI is InChI=1S/C12H7FN4O3/c13-7-2-1-3-8(6-7)14-9-4-5-10(17(18)19)12-11(9)15-20-16-12/h1-6,14H. The molecule has 0 aliphatic rings. The topological polar surface area (TPSA) is 94.1 Å². The number of halogens is 1. The smallest absolute Gasteiger partial charge is 0.300 e. The van der Waals surface area contributed by atoms with Gasteiger partial charge in [0.25, 0.3) is 0 Å².